The van der Waals surface area contributed by atoms with E-state index in [9.17, 15) is 4.79 Å². The van der Waals surface area contributed by atoms with Crippen LogP contribution >= 0.6 is 0 Å². The summed E-state index contributed by atoms with van der Waals surface area (Å²) in [4.78, 5) is 18.5. The molecule has 5 heteroatoms. The van der Waals surface area contributed by atoms with Crippen LogP contribution in [-0.2, 0) is 10.5 Å². The molecule has 2 amide bonds. The van der Waals surface area contributed by atoms with Gasteiger partial charge in [0.1, 0.15) is 5.69 Å². The third-order valence-electron chi connectivity index (χ3n) is 3.79. The van der Waals surface area contributed by atoms with Crippen LogP contribution in [-0.4, -0.2) is 29.1 Å². The van der Waals surface area contributed by atoms with Gasteiger partial charge in [0.15, 0.2) is 0 Å². The Morgan fingerprint density at radius 1 is 1.20 bits per heavy atom. The lowest BCUT2D eigenvalue weighted by atomic mass is 9.94. The number of nitrogens with one attached hydrogen (secondary N) is 1. The van der Waals surface area contributed by atoms with Crippen molar-refractivity contribution in [2.45, 2.75) is 5.72 Å². The molecular formula is C15H13N3O2. The second-order valence-corrected chi connectivity index (χ2v) is 4.84. The van der Waals surface area contributed by atoms with Crippen molar-refractivity contribution in [3.05, 3.63) is 59.9 Å². The van der Waals surface area contributed by atoms with E-state index in [-0.39, 0.29) is 6.03 Å². The lowest BCUT2D eigenvalue weighted by Gasteiger charge is -2.41. The average Bonchev–Trinajstić information content (AvgIpc) is 2.95. The minimum atomic E-state index is -0.903. The van der Waals surface area contributed by atoms with Gasteiger partial charge < -0.3 is 10.1 Å². The normalized spacial score (nSPS) is 24.0. The largest absolute Gasteiger partial charge is 0.344 e. The van der Waals surface area contributed by atoms with Crippen molar-refractivity contribution < 1.29 is 9.53 Å². The third kappa shape index (κ3) is 1.35. The molecule has 3 heterocycles. The van der Waals surface area contributed by atoms with Crippen molar-refractivity contribution in [3.63, 3.8) is 0 Å². The van der Waals surface area contributed by atoms with Gasteiger partial charge in [0.2, 0.25) is 5.72 Å². The Morgan fingerprint density at radius 3 is 2.90 bits per heavy atom. The lowest BCUT2D eigenvalue weighted by Crippen LogP contribution is -2.52. The van der Waals surface area contributed by atoms with Crippen LogP contribution in [0.2, 0.25) is 0 Å². The molecule has 20 heavy (non-hydrogen) atoms. The molecule has 1 unspecified atom stereocenters. The minimum Gasteiger partial charge on any atom is -0.344 e. The molecule has 0 radical (unpaired) electrons. The van der Waals surface area contributed by atoms with Crippen LogP contribution in [0.3, 0.4) is 0 Å². The molecule has 1 aromatic carbocycles. The molecule has 2 aromatic rings. The zero-order chi connectivity index (χ0) is 13.6. The van der Waals surface area contributed by atoms with Gasteiger partial charge in [0.05, 0.1) is 12.3 Å². The van der Waals surface area contributed by atoms with E-state index in [0.29, 0.717) is 18.8 Å². The van der Waals surface area contributed by atoms with E-state index in [0.717, 1.165) is 11.3 Å². The monoisotopic (exact) mass is 267 g/mol. The molecule has 1 aromatic heterocycles. The quantitative estimate of drug-likeness (QED) is 0.861. The zero-order valence-corrected chi connectivity index (χ0v) is 10.7. The van der Waals surface area contributed by atoms with Gasteiger partial charge in [-0.15, -0.1) is 0 Å². The molecular weight excluding hydrogens is 254 g/mol. The van der Waals surface area contributed by atoms with Gasteiger partial charge >= 0.3 is 6.03 Å². The topological polar surface area (TPSA) is 54.5 Å². The molecule has 100 valence electrons. The molecule has 1 atom stereocenters. The number of rotatable bonds is 1. The number of carbonyl (C=O) groups excluding carboxylic acids is 1. The Balaban J connectivity index is 2.01. The highest BCUT2D eigenvalue weighted by molar-refractivity contribution is 5.94. The van der Waals surface area contributed by atoms with E-state index in [2.05, 4.69) is 10.3 Å². The molecule has 0 spiro atoms. The summed E-state index contributed by atoms with van der Waals surface area (Å²) in [5.74, 6) is 0. The van der Waals surface area contributed by atoms with Gasteiger partial charge in [-0.3, -0.25) is 9.88 Å². The number of hydrogen-bond donors (Lipinski definition) is 1. The summed E-state index contributed by atoms with van der Waals surface area (Å²) in [6.45, 7) is 1.05. The Bertz CT molecular complexity index is 674. The Kier molecular flexibility index (Phi) is 2.31. The van der Waals surface area contributed by atoms with Gasteiger partial charge in [0.25, 0.3) is 0 Å². The summed E-state index contributed by atoms with van der Waals surface area (Å²) in [6, 6.07) is 13.3. The predicted octanol–water partition coefficient (Wildman–Crippen LogP) is 2.16. The third-order valence-corrected chi connectivity index (χ3v) is 3.79. The summed E-state index contributed by atoms with van der Waals surface area (Å²) >= 11 is 0. The number of aromatic nitrogens is 1. The summed E-state index contributed by atoms with van der Waals surface area (Å²) in [5, 5.41) is 2.87. The van der Waals surface area contributed by atoms with Crippen LogP contribution in [0.25, 0.3) is 0 Å². The molecule has 0 aliphatic carbocycles. The molecule has 1 N–H and O–H groups in total. The summed E-state index contributed by atoms with van der Waals surface area (Å²) in [6.07, 6.45) is 1.72. The molecule has 1 fully saturated rings. The van der Waals surface area contributed by atoms with Crippen molar-refractivity contribution in [1.82, 2.24) is 9.88 Å². The van der Waals surface area contributed by atoms with Crippen LogP contribution in [0.1, 0.15) is 11.3 Å². The van der Waals surface area contributed by atoms with E-state index in [1.165, 1.54) is 0 Å². The van der Waals surface area contributed by atoms with Crippen molar-refractivity contribution in [2.75, 3.05) is 18.5 Å². The van der Waals surface area contributed by atoms with E-state index in [4.69, 9.17) is 4.74 Å². The summed E-state index contributed by atoms with van der Waals surface area (Å²) in [7, 11) is 0. The van der Waals surface area contributed by atoms with Gasteiger partial charge in [-0.05, 0) is 12.1 Å². The Labute approximate surface area is 116 Å². The predicted molar refractivity (Wildman–Crippen MR) is 73.1 cm³/mol. The van der Waals surface area contributed by atoms with Crippen LogP contribution in [0.15, 0.2) is 48.7 Å². The first-order valence-electron chi connectivity index (χ1n) is 6.56. The van der Waals surface area contributed by atoms with E-state index >= 15 is 0 Å². The number of nitrogens with zero attached hydrogens (tertiary/aromatic N) is 2. The highest BCUT2D eigenvalue weighted by Crippen LogP contribution is 2.45. The van der Waals surface area contributed by atoms with Crippen molar-refractivity contribution in [3.8, 4) is 0 Å². The maximum Gasteiger partial charge on any atom is 0.324 e. The molecule has 0 bridgehead atoms. The van der Waals surface area contributed by atoms with Gasteiger partial charge in [0, 0.05) is 18.3 Å². The smallest absolute Gasteiger partial charge is 0.324 e. The maximum absolute atomic E-state index is 12.3. The van der Waals surface area contributed by atoms with Crippen molar-refractivity contribution in [1.29, 1.82) is 0 Å². The van der Waals surface area contributed by atoms with Gasteiger partial charge in [-0.2, -0.15) is 0 Å². The molecule has 5 nitrogen and oxygen atoms in total. The second kappa shape index (κ2) is 4.05. The molecule has 1 saturated heterocycles. The number of benzene rings is 1. The number of ether oxygens (including phenoxy) is 1. The number of amides is 2. The fourth-order valence-electron chi connectivity index (χ4n) is 2.96. The number of anilines is 1. The first-order valence-corrected chi connectivity index (χ1v) is 6.56. The Morgan fingerprint density at radius 2 is 2.05 bits per heavy atom. The first kappa shape index (κ1) is 11.4. The number of pyridine rings is 1. The van der Waals surface area contributed by atoms with Crippen molar-refractivity contribution >= 4 is 11.7 Å². The minimum absolute atomic E-state index is 0.146. The number of hydrogen-bond acceptors (Lipinski definition) is 3. The highest BCUT2D eigenvalue weighted by atomic mass is 16.5. The van der Waals surface area contributed by atoms with E-state index < -0.39 is 5.72 Å². The van der Waals surface area contributed by atoms with E-state index in [1.807, 2.05) is 42.5 Å². The summed E-state index contributed by atoms with van der Waals surface area (Å²) in [5.41, 5.74) is 1.47. The van der Waals surface area contributed by atoms with Gasteiger partial charge in [-0.25, -0.2) is 4.79 Å². The van der Waals surface area contributed by atoms with Crippen LogP contribution in [0.4, 0.5) is 10.5 Å². The van der Waals surface area contributed by atoms with Crippen LogP contribution in [0.5, 0.6) is 0 Å². The fraction of sp³-hybridized carbons (Fsp3) is 0.200. The number of urea groups is 1. The van der Waals surface area contributed by atoms with Crippen LogP contribution < -0.4 is 5.32 Å². The lowest BCUT2D eigenvalue weighted by molar-refractivity contribution is -0.0361. The standard InChI is InChI=1S/C15H13N3O2/c19-14-17-12-7-4-8-16-13(12)15(18(14)9-10-20-15)11-5-2-1-3-6-11/h1-8H,9-10H2,(H,17,19). The number of fused-ring (bicyclic) bond motifs is 3. The highest BCUT2D eigenvalue weighted by Gasteiger charge is 2.53. The number of carbonyl (C=O) groups is 1. The van der Waals surface area contributed by atoms with Gasteiger partial charge in [-0.1, -0.05) is 30.3 Å². The zero-order valence-electron chi connectivity index (χ0n) is 10.7. The second-order valence-electron chi connectivity index (χ2n) is 4.84. The average molecular weight is 267 g/mol. The maximum atomic E-state index is 12.3. The SMILES string of the molecule is O=C1Nc2cccnc2C2(c3ccccc3)OCCN12. The molecule has 0 saturated carbocycles. The van der Waals surface area contributed by atoms with Crippen molar-refractivity contribution in [2.24, 2.45) is 0 Å². The van der Waals surface area contributed by atoms with E-state index in [1.54, 1.807) is 11.1 Å². The Hall–Kier alpha value is -2.40. The molecule has 2 aliphatic heterocycles. The fourth-order valence-corrected chi connectivity index (χ4v) is 2.96. The summed E-state index contributed by atoms with van der Waals surface area (Å²) < 4.78 is 6.03. The van der Waals surface area contributed by atoms with Crippen LogP contribution in [0, 0.1) is 0 Å². The molecule has 4 rings (SSSR count). The molecule has 2 aliphatic rings. The first-order chi connectivity index (χ1) is 9.82.